The van der Waals surface area contributed by atoms with Crippen LogP contribution in [0.5, 0.6) is 5.75 Å². The number of hydrogen-bond donors (Lipinski definition) is 1. The summed E-state index contributed by atoms with van der Waals surface area (Å²) in [5.41, 5.74) is 2.23. The zero-order valence-corrected chi connectivity index (χ0v) is 14.7. The number of rotatable bonds is 6. The number of anilines is 2. The average molecular weight is 348 g/mol. The van der Waals surface area contributed by atoms with Gasteiger partial charge in [0.05, 0.1) is 19.5 Å². The molecule has 0 bridgehead atoms. The minimum Gasteiger partial charge on any atom is -0.497 e. The molecule has 1 heterocycles. The monoisotopic (exact) mass is 348 g/mol. The first kappa shape index (κ1) is 17.4. The fourth-order valence-corrected chi connectivity index (χ4v) is 2.45. The summed E-state index contributed by atoms with van der Waals surface area (Å²) in [5, 5.41) is 3.14. The molecule has 0 saturated heterocycles. The topological polar surface area (TPSA) is 67.3 Å². The summed E-state index contributed by atoms with van der Waals surface area (Å²) < 4.78 is 5.13. The Morgan fingerprint density at radius 1 is 1.04 bits per heavy atom. The van der Waals surface area contributed by atoms with E-state index >= 15 is 0 Å². The van der Waals surface area contributed by atoms with Crippen molar-refractivity contribution >= 4 is 17.4 Å². The van der Waals surface area contributed by atoms with E-state index in [1.54, 1.807) is 25.3 Å². The molecule has 0 radical (unpaired) electrons. The highest BCUT2D eigenvalue weighted by molar-refractivity contribution is 5.91. The molecule has 132 valence electrons. The van der Waals surface area contributed by atoms with E-state index in [4.69, 9.17) is 4.74 Å². The highest BCUT2D eigenvalue weighted by Gasteiger charge is 2.14. The van der Waals surface area contributed by atoms with Crippen LogP contribution in [0, 0.1) is 0 Å². The van der Waals surface area contributed by atoms with Crippen LogP contribution in [0.25, 0.3) is 0 Å². The van der Waals surface area contributed by atoms with Gasteiger partial charge in [0, 0.05) is 19.3 Å². The first-order chi connectivity index (χ1) is 12.7. The summed E-state index contributed by atoms with van der Waals surface area (Å²) in [6, 6.07) is 17.3. The first-order valence-electron chi connectivity index (χ1n) is 8.18. The second-order valence-electron chi connectivity index (χ2n) is 5.79. The number of amides is 1. The van der Waals surface area contributed by atoms with Crippen molar-refractivity contribution in [3.05, 3.63) is 78.2 Å². The van der Waals surface area contributed by atoms with Crippen LogP contribution in [0.2, 0.25) is 0 Å². The third-order valence-electron chi connectivity index (χ3n) is 3.84. The Morgan fingerprint density at radius 2 is 1.77 bits per heavy atom. The van der Waals surface area contributed by atoms with Crippen LogP contribution >= 0.6 is 0 Å². The maximum atomic E-state index is 12.5. The van der Waals surface area contributed by atoms with Crippen molar-refractivity contribution in [3.63, 3.8) is 0 Å². The molecule has 1 amide bonds. The van der Waals surface area contributed by atoms with E-state index in [0.717, 1.165) is 17.0 Å². The predicted molar refractivity (Wildman–Crippen MR) is 101 cm³/mol. The third-order valence-corrected chi connectivity index (χ3v) is 3.84. The molecular formula is C20H20N4O2. The minimum absolute atomic E-state index is 0.169. The molecule has 2 aromatic carbocycles. The van der Waals surface area contributed by atoms with Crippen LogP contribution in [0.15, 0.2) is 67.0 Å². The fourth-order valence-electron chi connectivity index (χ4n) is 2.45. The van der Waals surface area contributed by atoms with Crippen LogP contribution in [0.3, 0.4) is 0 Å². The summed E-state index contributed by atoms with van der Waals surface area (Å²) in [5.74, 6) is 1.18. The van der Waals surface area contributed by atoms with Crippen LogP contribution in [0.4, 0.5) is 11.5 Å². The summed E-state index contributed by atoms with van der Waals surface area (Å²) >= 11 is 0. The molecule has 0 spiro atoms. The number of carbonyl (C=O) groups excluding carboxylic acids is 1. The van der Waals surface area contributed by atoms with E-state index in [1.807, 2.05) is 54.6 Å². The number of benzene rings is 2. The van der Waals surface area contributed by atoms with Crippen LogP contribution in [-0.2, 0) is 6.54 Å². The van der Waals surface area contributed by atoms with Gasteiger partial charge < -0.3 is 15.0 Å². The van der Waals surface area contributed by atoms with Crippen molar-refractivity contribution in [2.45, 2.75) is 6.54 Å². The Labute approximate surface area is 152 Å². The molecule has 1 aromatic heterocycles. The lowest BCUT2D eigenvalue weighted by atomic mass is 10.2. The molecule has 0 atom stereocenters. The lowest BCUT2D eigenvalue weighted by Gasteiger charge is -2.16. The Hall–Kier alpha value is -3.41. The molecule has 3 rings (SSSR count). The lowest BCUT2D eigenvalue weighted by molar-refractivity contribution is 0.0779. The molecule has 1 N–H and O–H groups in total. The number of aromatic nitrogens is 2. The van der Waals surface area contributed by atoms with Crippen molar-refractivity contribution in [3.8, 4) is 5.75 Å². The maximum absolute atomic E-state index is 12.5. The van der Waals surface area contributed by atoms with E-state index in [-0.39, 0.29) is 5.91 Å². The lowest BCUT2D eigenvalue weighted by Crippen LogP contribution is -2.27. The Kier molecular flexibility index (Phi) is 5.43. The predicted octanol–water partition coefficient (Wildman–Crippen LogP) is 3.50. The fraction of sp³-hybridized carbons (Fsp3) is 0.150. The molecule has 0 aliphatic heterocycles. The molecule has 0 aliphatic rings. The highest BCUT2D eigenvalue weighted by Crippen LogP contribution is 2.18. The summed E-state index contributed by atoms with van der Waals surface area (Å²) in [6.07, 6.45) is 3.03. The number of carbonyl (C=O) groups is 1. The van der Waals surface area contributed by atoms with Gasteiger partial charge in [-0.25, -0.2) is 9.97 Å². The first-order valence-corrected chi connectivity index (χ1v) is 8.18. The number of nitrogens with zero attached hydrogens (tertiary/aromatic N) is 3. The maximum Gasteiger partial charge on any atom is 0.274 e. The van der Waals surface area contributed by atoms with Gasteiger partial charge in [-0.3, -0.25) is 4.79 Å². The van der Waals surface area contributed by atoms with Crippen molar-refractivity contribution in [2.24, 2.45) is 0 Å². The van der Waals surface area contributed by atoms with Gasteiger partial charge in [0.2, 0.25) is 0 Å². The van der Waals surface area contributed by atoms with E-state index < -0.39 is 0 Å². The normalized spacial score (nSPS) is 10.2. The standard InChI is InChI=1S/C20H20N4O2/c1-24(14-15-6-4-3-5-7-15)20(25)18-12-22-19(13-21-18)23-16-8-10-17(26-2)11-9-16/h3-13H,14H2,1-2H3,(H,22,23). The van der Waals surface area contributed by atoms with Gasteiger partial charge in [-0.1, -0.05) is 30.3 Å². The molecule has 6 heteroatoms. The summed E-state index contributed by atoms with van der Waals surface area (Å²) in [6.45, 7) is 0.521. The van der Waals surface area contributed by atoms with Crippen LogP contribution < -0.4 is 10.1 Å². The van der Waals surface area contributed by atoms with Gasteiger partial charge in [-0.2, -0.15) is 0 Å². The smallest absolute Gasteiger partial charge is 0.274 e. The molecule has 6 nitrogen and oxygen atoms in total. The number of hydrogen-bond acceptors (Lipinski definition) is 5. The quantitative estimate of drug-likeness (QED) is 0.738. The van der Waals surface area contributed by atoms with Gasteiger partial charge in [-0.15, -0.1) is 0 Å². The van der Waals surface area contributed by atoms with E-state index in [9.17, 15) is 4.79 Å². The second-order valence-corrected chi connectivity index (χ2v) is 5.79. The summed E-state index contributed by atoms with van der Waals surface area (Å²) in [4.78, 5) is 22.6. The molecule has 0 unspecified atom stereocenters. The number of ether oxygens (including phenoxy) is 1. The molecule has 0 aliphatic carbocycles. The Bertz CT molecular complexity index is 849. The van der Waals surface area contributed by atoms with Crippen LogP contribution in [0.1, 0.15) is 16.1 Å². The van der Waals surface area contributed by atoms with Gasteiger partial charge in [0.15, 0.2) is 0 Å². The van der Waals surface area contributed by atoms with Gasteiger partial charge in [0.25, 0.3) is 5.91 Å². The molecule has 26 heavy (non-hydrogen) atoms. The van der Waals surface area contributed by atoms with E-state index in [0.29, 0.717) is 18.1 Å². The SMILES string of the molecule is COc1ccc(Nc2cnc(C(=O)N(C)Cc3ccccc3)cn2)cc1. The van der Waals surface area contributed by atoms with Crippen LogP contribution in [-0.4, -0.2) is 34.9 Å². The van der Waals surface area contributed by atoms with Gasteiger partial charge in [0.1, 0.15) is 17.3 Å². The number of nitrogens with one attached hydrogen (secondary N) is 1. The molecule has 0 fully saturated rings. The molecular weight excluding hydrogens is 328 g/mol. The number of methoxy groups -OCH3 is 1. The van der Waals surface area contributed by atoms with E-state index in [1.165, 1.54) is 6.20 Å². The van der Waals surface area contributed by atoms with Crippen molar-refractivity contribution in [1.29, 1.82) is 0 Å². The zero-order valence-electron chi connectivity index (χ0n) is 14.7. The zero-order chi connectivity index (χ0) is 18.4. The molecule has 0 saturated carbocycles. The Morgan fingerprint density at radius 3 is 2.38 bits per heavy atom. The van der Waals surface area contributed by atoms with Gasteiger partial charge >= 0.3 is 0 Å². The minimum atomic E-state index is -0.169. The van der Waals surface area contributed by atoms with Crippen molar-refractivity contribution < 1.29 is 9.53 Å². The average Bonchev–Trinajstić information content (AvgIpc) is 2.69. The van der Waals surface area contributed by atoms with Crippen molar-refractivity contribution in [1.82, 2.24) is 14.9 Å². The largest absolute Gasteiger partial charge is 0.497 e. The highest BCUT2D eigenvalue weighted by atomic mass is 16.5. The Balaban J connectivity index is 1.63. The van der Waals surface area contributed by atoms with Crippen molar-refractivity contribution in [2.75, 3.05) is 19.5 Å². The molecule has 3 aromatic rings. The second kappa shape index (κ2) is 8.11. The van der Waals surface area contributed by atoms with E-state index in [2.05, 4.69) is 15.3 Å². The third kappa shape index (κ3) is 4.36. The van der Waals surface area contributed by atoms with Gasteiger partial charge in [-0.05, 0) is 29.8 Å². The summed E-state index contributed by atoms with van der Waals surface area (Å²) in [7, 11) is 3.37.